The van der Waals surface area contributed by atoms with Gasteiger partial charge in [-0.05, 0) is 24.5 Å². The van der Waals surface area contributed by atoms with Crippen molar-refractivity contribution in [3.05, 3.63) is 29.6 Å². The molecular formula is C13H19FN2O. The molecule has 4 heteroatoms. The molecule has 0 unspecified atom stereocenters. The standard InChI is InChI=1S/C13H19FN2O/c1-4-8(2)12(15)13(17)16-10-7-5-6-9(3)11(10)14/h5-8,12H,4,15H2,1-3H3,(H,16,17)/t8-,12-/m0/s1. The third-order valence-corrected chi connectivity index (χ3v) is 3.01. The number of hydrogen-bond acceptors (Lipinski definition) is 2. The number of aryl methyl sites for hydroxylation is 1. The minimum absolute atomic E-state index is 0.0721. The maximum atomic E-state index is 13.7. The van der Waals surface area contributed by atoms with E-state index in [-0.39, 0.29) is 17.5 Å². The van der Waals surface area contributed by atoms with E-state index in [4.69, 9.17) is 5.73 Å². The predicted molar refractivity (Wildman–Crippen MR) is 67.2 cm³/mol. The van der Waals surface area contributed by atoms with Crippen molar-refractivity contribution in [3.8, 4) is 0 Å². The summed E-state index contributed by atoms with van der Waals surface area (Å²) in [6.07, 6.45) is 0.810. The molecule has 0 spiro atoms. The fraction of sp³-hybridized carbons (Fsp3) is 0.462. The molecule has 0 saturated carbocycles. The minimum Gasteiger partial charge on any atom is -0.322 e. The van der Waals surface area contributed by atoms with Crippen LogP contribution in [0.25, 0.3) is 0 Å². The zero-order valence-electron chi connectivity index (χ0n) is 10.5. The van der Waals surface area contributed by atoms with Gasteiger partial charge in [-0.1, -0.05) is 32.4 Å². The molecule has 0 aliphatic heterocycles. The van der Waals surface area contributed by atoms with Crippen molar-refractivity contribution in [1.82, 2.24) is 0 Å². The molecule has 17 heavy (non-hydrogen) atoms. The van der Waals surface area contributed by atoms with Crippen LogP contribution in [0.5, 0.6) is 0 Å². The SMILES string of the molecule is CC[C@H](C)[C@H](N)C(=O)Nc1cccc(C)c1F. The lowest BCUT2D eigenvalue weighted by molar-refractivity contribution is -0.118. The predicted octanol–water partition coefficient (Wildman–Crippen LogP) is 2.45. The zero-order valence-corrected chi connectivity index (χ0v) is 10.5. The minimum atomic E-state index is -0.611. The van der Waals surface area contributed by atoms with Crippen molar-refractivity contribution < 1.29 is 9.18 Å². The highest BCUT2D eigenvalue weighted by Gasteiger charge is 2.20. The highest BCUT2D eigenvalue weighted by Crippen LogP contribution is 2.18. The summed E-state index contributed by atoms with van der Waals surface area (Å²) in [7, 11) is 0. The Bertz CT molecular complexity index is 406. The second-order valence-electron chi connectivity index (χ2n) is 4.34. The quantitative estimate of drug-likeness (QED) is 0.846. The lowest BCUT2D eigenvalue weighted by Gasteiger charge is -2.18. The van der Waals surface area contributed by atoms with Crippen LogP contribution < -0.4 is 11.1 Å². The Balaban J connectivity index is 2.78. The third-order valence-electron chi connectivity index (χ3n) is 3.01. The first-order valence-corrected chi connectivity index (χ1v) is 5.79. The maximum absolute atomic E-state index is 13.7. The summed E-state index contributed by atoms with van der Waals surface area (Å²) < 4.78 is 13.7. The average molecular weight is 238 g/mol. The van der Waals surface area contributed by atoms with Gasteiger partial charge in [-0.2, -0.15) is 0 Å². The average Bonchev–Trinajstić information content (AvgIpc) is 2.32. The number of halogens is 1. The van der Waals surface area contributed by atoms with E-state index in [1.807, 2.05) is 13.8 Å². The molecule has 0 fully saturated rings. The molecule has 0 aromatic heterocycles. The van der Waals surface area contributed by atoms with Crippen LogP contribution in [0.15, 0.2) is 18.2 Å². The highest BCUT2D eigenvalue weighted by atomic mass is 19.1. The molecule has 1 rings (SSSR count). The van der Waals surface area contributed by atoms with Gasteiger partial charge in [0.1, 0.15) is 5.82 Å². The monoisotopic (exact) mass is 238 g/mol. The zero-order chi connectivity index (χ0) is 13.0. The lowest BCUT2D eigenvalue weighted by Crippen LogP contribution is -2.40. The van der Waals surface area contributed by atoms with Gasteiger partial charge in [0.2, 0.25) is 5.91 Å². The van der Waals surface area contributed by atoms with Gasteiger partial charge in [0.25, 0.3) is 0 Å². The molecule has 94 valence electrons. The second-order valence-corrected chi connectivity index (χ2v) is 4.34. The Hall–Kier alpha value is -1.42. The highest BCUT2D eigenvalue weighted by molar-refractivity contribution is 5.95. The van der Waals surface area contributed by atoms with Crippen LogP contribution in [0.4, 0.5) is 10.1 Å². The Morgan fingerprint density at radius 1 is 1.53 bits per heavy atom. The maximum Gasteiger partial charge on any atom is 0.241 e. The number of amides is 1. The smallest absolute Gasteiger partial charge is 0.241 e. The van der Waals surface area contributed by atoms with E-state index in [1.165, 1.54) is 6.07 Å². The van der Waals surface area contributed by atoms with Gasteiger partial charge in [0.15, 0.2) is 0 Å². The van der Waals surface area contributed by atoms with E-state index in [0.717, 1.165) is 6.42 Å². The summed E-state index contributed by atoms with van der Waals surface area (Å²) in [4.78, 5) is 11.8. The van der Waals surface area contributed by atoms with E-state index < -0.39 is 11.9 Å². The van der Waals surface area contributed by atoms with Gasteiger partial charge in [0.05, 0.1) is 11.7 Å². The fourth-order valence-electron chi connectivity index (χ4n) is 1.47. The van der Waals surface area contributed by atoms with E-state index >= 15 is 0 Å². The summed E-state index contributed by atoms with van der Waals surface area (Å²) in [5, 5.41) is 2.53. The molecule has 0 saturated heterocycles. The molecule has 2 atom stereocenters. The summed E-state index contributed by atoms with van der Waals surface area (Å²) in [6, 6.07) is 4.27. The van der Waals surface area contributed by atoms with Gasteiger partial charge in [-0.15, -0.1) is 0 Å². The molecule has 1 aromatic rings. The lowest BCUT2D eigenvalue weighted by atomic mass is 9.99. The van der Waals surface area contributed by atoms with Crippen LogP contribution in [0.3, 0.4) is 0 Å². The Kier molecular flexibility index (Phi) is 4.63. The van der Waals surface area contributed by atoms with Crippen LogP contribution in [0.1, 0.15) is 25.8 Å². The third kappa shape index (κ3) is 3.27. The molecule has 0 heterocycles. The molecule has 0 radical (unpaired) electrons. The number of anilines is 1. The first kappa shape index (κ1) is 13.6. The topological polar surface area (TPSA) is 55.1 Å². The molecular weight excluding hydrogens is 219 g/mol. The molecule has 3 N–H and O–H groups in total. The van der Waals surface area contributed by atoms with Gasteiger partial charge in [0, 0.05) is 0 Å². The van der Waals surface area contributed by atoms with Gasteiger partial charge >= 0.3 is 0 Å². The Morgan fingerprint density at radius 2 is 2.18 bits per heavy atom. The number of rotatable bonds is 4. The fourth-order valence-corrected chi connectivity index (χ4v) is 1.47. The summed E-state index contributed by atoms with van der Waals surface area (Å²) in [6.45, 7) is 5.52. The van der Waals surface area contributed by atoms with E-state index in [1.54, 1.807) is 19.1 Å². The van der Waals surface area contributed by atoms with Gasteiger partial charge < -0.3 is 11.1 Å². The summed E-state index contributed by atoms with van der Waals surface area (Å²) in [5.41, 5.74) is 6.46. The molecule has 0 aliphatic carbocycles. The number of nitrogens with two attached hydrogens (primary N) is 1. The van der Waals surface area contributed by atoms with E-state index in [9.17, 15) is 9.18 Å². The molecule has 0 aliphatic rings. The van der Waals surface area contributed by atoms with Crippen molar-refractivity contribution in [3.63, 3.8) is 0 Å². The molecule has 1 amide bonds. The van der Waals surface area contributed by atoms with E-state index in [0.29, 0.717) is 5.56 Å². The molecule has 0 bridgehead atoms. The number of hydrogen-bond donors (Lipinski definition) is 2. The van der Waals surface area contributed by atoms with Crippen LogP contribution >= 0.6 is 0 Å². The van der Waals surface area contributed by atoms with Crippen molar-refractivity contribution in [1.29, 1.82) is 0 Å². The number of nitrogens with one attached hydrogen (secondary N) is 1. The normalized spacial score (nSPS) is 14.2. The second kappa shape index (κ2) is 5.77. The molecule has 1 aromatic carbocycles. The van der Waals surface area contributed by atoms with Crippen LogP contribution in [-0.4, -0.2) is 11.9 Å². The first-order chi connectivity index (χ1) is 7.97. The molecule has 3 nitrogen and oxygen atoms in total. The van der Waals surface area contributed by atoms with E-state index in [2.05, 4.69) is 5.32 Å². The number of benzene rings is 1. The van der Waals surface area contributed by atoms with Gasteiger partial charge in [-0.25, -0.2) is 4.39 Å². The van der Waals surface area contributed by atoms with Crippen molar-refractivity contribution in [2.45, 2.75) is 33.2 Å². The largest absolute Gasteiger partial charge is 0.322 e. The number of carbonyl (C=O) groups is 1. The van der Waals surface area contributed by atoms with Crippen LogP contribution in [0.2, 0.25) is 0 Å². The van der Waals surface area contributed by atoms with Gasteiger partial charge in [-0.3, -0.25) is 4.79 Å². The van der Waals surface area contributed by atoms with Crippen molar-refractivity contribution in [2.24, 2.45) is 11.7 Å². The van der Waals surface area contributed by atoms with Crippen molar-refractivity contribution >= 4 is 11.6 Å². The Labute approximate surface area is 101 Å². The summed E-state index contributed by atoms with van der Waals surface area (Å²) >= 11 is 0. The van der Waals surface area contributed by atoms with Crippen LogP contribution in [0, 0.1) is 18.7 Å². The number of carbonyl (C=O) groups excluding carboxylic acids is 1. The summed E-state index contributed by atoms with van der Waals surface area (Å²) in [5.74, 6) is -0.677. The van der Waals surface area contributed by atoms with Crippen LogP contribution in [-0.2, 0) is 4.79 Å². The first-order valence-electron chi connectivity index (χ1n) is 5.79. The van der Waals surface area contributed by atoms with Crippen molar-refractivity contribution in [2.75, 3.05) is 5.32 Å². The Morgan fingerprint density at radius 3 is 2.76 bits per heavy atom.